The summed E-state index contributed by atoms with van der Waals surface area (Å²) >= 11 is 0. The largest absolute Gasteiger partial charge is 0.481 e. The van der Waals surface area contributed by atoms with Gasteiger partial charge >= 0.3 is 5.97 Å². The van der Waals surface area contributed by atoms with Gasteiger partial charge in [0.2, 0.25) is 0 Å². The molecule has 3 N–H and O–H groups in total. The molecule has 2 aliphatic heterocycles. The van der Waals surface area contributed by atoms with E-state index in [4.69, 9.17) is 0 Å². The summed E-state index contributed by atoms with van der Waals surface area (Å²) in [5.74, 6) is -0.699. The van der Waals surface area contributed by atoms with Gasteiger partial charge < -0.3 is 15.7 Å². The fourth-order valence-corrected chi connectivity index (χ4v) is 4.31. The molecule has 0 bridgehead atoms. The Morgan fingerprint density at radius 2 is 1.23 bits per heavy atom. The van der Waals surface area contributed by atoms with Crippen molar-refractivity contribution in [1.29, 1.82) is 5.26 Å². The van der Waals surface area contributed by atoms with Gasteiger partial charge in [0.25, 0.3) is 0 Å². The average molecular weight is 428 g/mol. The van der Waals surface area contributed by atoms with Crippen molar-refractivity contribution in [2.24, 2.45) is 0 Å². The highest BCUT2D eigenvalue weighted by Crippen LogP contribution is 2.34. The van der Waals surface area contributed by atoms with Crippen LogP contribution in [0.15, 0.2) is 60.7 Å². The maximum absolute atomic E-state index is 11.4. The molecule has 30 heavy (non-hydrogen) atoms. The van der Waals surface area contributed by atoms with Crippen LogP contribution in [0.3, 0.4) is 0 Å². The molecular weight excluding hydrogens is 398 g/mol. The van der Waals surface area contributed by atoms with Crippen molar-refractivity contribution < 1.29 is 9.90 Å². The first-order chi connectivity index (χ1) is 14.1. The summed E-state index contributed by atoms with van der Waals surface area (Å²) in [6.07, 6.45) is 3.19. The topological polar surface area (TPSA) is 85.2 Å². The summed E-state index contributed by atoms with van der Waals surface area (Å²) in [7, 11) is 0. The quantitative estimate of drug-likeness (QED) is 0.696. The fraction of sp³-hybridized carbons (Fsp3) is 0.417. The summed E-state index contributed by atoms with van der Waals surface area (Å²) in [5.41, 5.74) is 1.18. The minimum Gasteiger partial charge on any atom is -0.481 e. The Kier molecular flexibility index (Phi) is 8.86. The lowest BCUT2D eigenvalue weighted by Crippen LogP contribution is -2.45. The van der Waals surface area contributed by atoms with Crippen molar-refractivity contribution in [1.82, 2.24) is 10.6 Å². The molecule has 2 saturated heterocycles. The van der Waals surface area contributed by atoms with E-state index in [9.17, 15) is 15.2 Å². The molecule has 5 nitrogen and oxygen atoms in total. The van der Waals surface area contributed by atoms with Gasteiger partial charge in [-0.25, -0.2) is 0 Å². The highest BCUT2D eigenvalue weighted by atomic mass is 35.5. The molecule has 0 aliphatic carbocycles. The van der Waals surface area contributed by atoms with Gasteiger partial charge in [0, 0.05) is 0 Å². The second kappa shape index (κ2) is 11.1. The number of hydrogen-bond acceptors (Lipinski definition) is 4. The smallest absolute Gasteiger partial charge is 0.314 e. The number of carboxylic acid groups (broad SMARTS) is 1. The number of halogens is 1. The molecule has 0 amide bonds. The molecule has 2 aromatic rings. The van der Waals surface area contributed by atoms with Crippen molar-refractivity contribution in [3.63, 3.8) is 0 Å². The number of nitrogens with zero attached hydrogens (tertiary/aromatic N) is 1. The van der Waals surface area contributed by atoms with Crippen LogP contribution in [-0.2, 0) is 15.6 Å². The third-order valence-corrected chi connectivity index (χ3v) is 6.19. The Morgan fingerprint density at radius 3 is 1.67 bits per heavy atom. The minimum absolute atomic E-state index is 0. The molecule has 4 rings (SSSR count). The number of carboxylic acids is 1. The molecule has 2 aromatic carbocycles. The van der Waals surface area contributed by atoms with Gasteiger partial charge in [0.15, 0.2) is 0 Å². The second-order valence-corrected chi connectivity index (χ2v) is 7.81. The zero-order valence-electron chi connectivity index (χ0n) is 17.1. The predicted octanol–water partition coefficient (Wildman–Crippen LogP) is 3.65. The Bertz CT molecular complexity index is 825. The predicted molar refractivity (Wildman–Crippen MR) is 121 cm³/mol. The Balaban J connectivity index is 0.000000207. The first-order valence-electron chi connectivity index (χ1n) is 10.3. The van der Waals surface area contributed by atoms with E-state index >= 15 is 0 Å². The zero-order valence-corrected chi connectivity index (χ0v) is 18.0. The fourth-order valence-electron chi connectivity index (χ4n) is 4.31. The summed E-state index contributed by atoms with van der Waals surface area (Å²) in [4.78, 5) is 11.4. The van der Waals surface area contributed by atoms with Crippen LogP contribution < -0.4 is 10.6 Å². The number of carbonyl (C=O) groups is 1. The SMILES string of the molecule is Cl.N#CC1(c2ccccc2)CCNCC1.O=C(O)C1(c2ccccc2)CCNCC1. The summed E-state index contributed by atoms with van der Waals surface area (Å²) < 4.78 is 0. The number of piperidine rings is 2. The van der Waals surface area contributed by atoms with Crippen molar-refractivity contribution in [2.45, 2.75) is 36.5 Å². The van der Waals surface area contributed by atoms with Crippen molar-refractivity contribution in [2.75, 3.05) is 26.2 Å². The monoisotopic (exact) mass is 427 g/mol. The van der Waals surface area contributed by atoms with E-state index in [2.05, 4.69) is 28.8 Å². The van der Waals surface area contributed by atoms with Crippen molar-refractivity contribution >= 4 is 18.4 Å². The highest BCUT2D eigenvalue weighted by molar-refractivity contribution is 5.85. The van der Waals surface area contributed by atoms with Crippen LogP contribution in [0.25, 0.3) is 0 Å². The lowest BCUT2D eigenvalue weighted by atomic mass is 9.73. The van der Waals surface area contributed by atoms with Crippen LogP contribution in [0, 0.1) is 11.3 Å². The molecule has 0 radical (unpaired) electrons. The Hall–Kier alpha value is -2.39. The van der Waals surface area contributed by atoms with Crippen molar-refractivity contribution in [3.05, 3.63) is 71.8 Å². The summed E-state index contributed by atoms with van der Waals surface area (Å²) in [5, 5.41) is 25.2. The standard InChI is InChI=1S/C12H14N2.C12H15NO2.ClH/c13-10-12(6-8-14-9-7-12)11-4-2-1-3-5-11;14-11(15)12(6-8-13-9-7-12)10-4-2-1-3-5-10;/h1-5,14H,6-9H2;1-5,13H,6-9H2,(H,14,15);1H. The van der Waals surface area contributed by atoms with Crippen LogP contribution in [0.1, 0.15) is 36.8 Å². The highest BCUT2D eigenvalue weighted by Gasteiger charge is 2.41. The van der Waals surface area contributed by atoms with Gasteiger partial charge in [-0.05, 0) is 63.0 Å². The number of nitriles is 1. The number of benzene rings is 2. The lowest BCUT2D eigenvalue weighted by molar-refractivity contribution is -0.145. The number of aliphatic carboxylic acids is 1. The zero-order chi connectivity index (χ0) is 20.6. The maximum atomic E-state index is 11.4. The molecule has 2 heterocycles. The van der Waals surface area contributed by atoms with E-state index in [0.717, 1.165) is 44.6 Å². The van der Waals surface area contributed by atoms with Gasteiger partial charge in [0.05, 0.1) is 16.9 Å². The Morgan fingerprint density at radius 1 is 0.800 bits per heavy atom. The van der Waals surface area contributed by atoms with E-state index in [1.807, 2.05) is 48.5 Å². The molecule has 0 atom stereocenters. The van der Waals surface area contributed by atoms with E-state index in [1.165, 1.54) is 5.56 Å². The van der Waals surface area contributed by atoms with Crippen LogP contribution in [0.5, 0.6) is 0 Å². The molecule has 0 saturated carbocycles. The van der Waals surface area contributed by atoms with Gasteiger partial charge in [-0.3, -0.25) is 4.79 Å². The van der Waals surface area contributed by atoms with E-state index in [0.29, 0.717) is 12.8 Å². The molecule has 6 heteroatoms. The van der Waals surface area contributed by atoms with E-state index < -0.39 is 11.4 Å². The molecule has 2 fully saturated rings. The van der Waals surface area contributed by atoms with Gasteiger partial charge in [-0.1, -0.05) is 60.7 Å². The molecule has 0 spiro atoms. The van der Waals surface area contributed by atoms with E-state index in [-0.39, 0.29) is 17.8 Å². The van der Waals surface area contributed by atoms with Crippen LogP contribution in [0.2, 0.25) is 0 Å². The Labute approximate surface area is 184 Å². The summed E-state index contributed by atoms with van der Waals surface area (Å²) in [6.45, 7) is 3.45. The second-order valence-electron chi connectivity index (χ2n) is 7.81. The van der Waals surface area contributed by atoms with E-state index in [1.54, 1.807) is 0 Å². The first kappa shape index (κ1) is 23.9. The molecule has 0 unspecified atom stereocenters. The van der Waals surface area contributed by atoms with Crippen LogP contribution >= 0.6 is 12.4 Å². The number of hydrogen-bond donors (Lipinski definition) is 3. The first-order valence-corrected chi connectivity index (χ1v) is 10.3. The molecule has 0 aromatic heterocycles. The van der Waals surface area contributed by atoms with Crippen LogP contribution in [0.4, 0.5) is 0 Å². The third-order valence-electron chi connectivity index (χ3n) is 6.19. The van der Waals surface area contributed by atoms with Gasteiger partial charge in [-0.15, -0.1) is 12.4 Å². The number of nitrogens with one attached hydrogen (secondary N) is 2. The average Bonchev–Trinajstić information content (AvgIpc) is 2.81. The van der Waals surface area contributed by atoms with Crippen molar-refractivity contribution in [3.8, 4) is 6.07 Å². The minimum atomic E-state index is -0.699. The number of rotatable bonds is 3. The summed E-state index contributed by atoms with van der Waals surface area (Å²) in [6, 6.07) is 22.2. The molecule has 160 valence electrons. The molecule has 2 aliphatic rings. The third kappa shape index (κ3) is 5.20. The normalized spacial score (nSPS) is 19.2. The lowest BCUT2D eigenvalue weighted by Gasteiger charge is -2.34. The molecular formula is C24H30ClN3O2. The van der Waals surface area contributed by atoms with Gasteiger partial charge in [-0.2, -0.15) is 5.26 Å². The van der Waals surface area contributed by atoms with Crippen LogP contribution in [-0.4, -0.2) is 37.3 Å². The maximum Gasteiger partial charge on any atom is 0.314 e. The van der Waals surface area contributed by atoms with Gasteiger partial charge in [0.1, 0.15) is 0 Å².